The molecular formula is C13H19N5. The van der Waals surface area contributed by atoms with E-state index in [1.807, 2.05) is 0 Å². The number of anilines is 2. The van der Waals surface area contributed by atoms with Crippen molar-refractivity contribution in [2.75, 3.05) is 37.2 Å². The van der Waals surface area contributed by atoms with Gasteiger partial charge >= 0.3 is 0 Å². The monoisotopic (exact) mass is 245 g/mol. The molecule has 0 aromatic carbocycles. The molecule has 18 heavy (non-hydrogen) atoms. The maximum Gasteiger partial charge on any atom is 0.144 e. The molecule has 0 aliphatic carbocycles. The molecule has 5 nitrogen and oxygen atoms in total. The quantitative estimate of drug-likeness (QED) is 0.839. The fourth-order valence-corrected chi connectivity index (χ4v) is 2.22. The van der Waals surface area contributed by atoms with Crippen LogP contribution in [-0.4, -0.2) is 36.1 Å². The van der Waals surface area contributed by atoms with Crippen LogP contribution in [0.15, 0.2) is 12.3 Å². The van der Waals surface area contributed by atoms with Crippen LogP contribution in [0, 0.1) is 11.3 Å². The average Bonchev–Trinajstić information content (AvgIpc) is 2.41. The first-order chi connectivity index (χ1) is 8.79. The van der Waals surface area contributed by atoms with E-state index in [-0.39, 0.29) is 0 Å². The molecule has 0 unspecified atom stereocenters. The van der Waals surface area contributed by atoms with Crippen LogP contribution in [0.25, 0.3) is 0 Å². The highest BCUT2D eigenvalue weighted by atomic mass is 15.1. The SMILES string of the molecule is N#Cc1cc(N)cnc1NCCN1CCCCC1. The molecule has 0 amide bonds. The number of nitrogens with one attached hydrogen (secondary N) is 1. The predicted octanol–water partition coefficient (Wildman–Crippen LogP) is 1.43. The highest BCUT2D eigenvalue weighted by Gasteiger charge is 2.10. The van der Waals surface area contributed by atoms with E-state index in [1.54, 1.807) is 12.3 Å². The summed E-state index contributed by atoms with van der Waals surface area (Å²) in [6.45, 7) is 4.17. The third-order valence-corrected chi connectivity index (χ3v) is 3.20. The minimum absolute atomic E-state index is 0.508. The number of nitrogen functional groups attached to an aromatic ring is 1. The van der Waals surface area contributed by atoms with Crippen molar-refractivity contribution < 1.29 is 0 Å². The Labute approximate surface area is 108 Å². The lowest BCUT2D eigenvalue weighted by atomic mass is 10.1. The smallest absolute Gasteiger partial charge is 0.144 e. The lowest BCUT2D eigenvalue weighted by molar-refractivity contribution is 0.237. The van der Waals surface area contributed by atoms with Crippen LogP contribution in [0.3, 0.4) is 0 Å². The molecule has 0 radical (unpaired) electrons. The standard InChI is InChI=1S/C13H19N5/c14-9-11-8-12(15)10-17-13(11)16-4-7-18-5-2-1-3-6-18/h8,10H,1-7,15H2,(H,16,17). The largest absolute Gasteiger partial charge is 0.397 e. The van der Waals surface area contributed by atoms with Crippen molar-refractivity contribution in [1.82, 2.24) is 9.88 Å². The Morgan fingerprint density at radius 3 is 2.89 bits per heavy atom. The fraction of sp³-hybridized carbons (Fsp3) is 0.538. The fourth-order valence-electron chi connectivity index (χ4n) is 2.22. The van der Waals surface area contributed by atoms with Gasteiger partial charge in [-0.15, -0.1) is 0 Å². The van der Waals surface area contributed by atoms with E-state index in [0.29, 0.717) is 17.1 Å². The van der Waals surface area contributed by atoms with Crippen LogP contribution in [0.1, 0.15) is 24.8 Å². The first kappa shape index (κ1) is 12.7. The van der Waals surface area contributed by atoms with Gasteiger partial charge in [-0.25, -0.2) is 4.98 Å². The van der Waals surface area contributed by atoms with Crippen molar-refractivity contribution in [1.29, 1.82) is 5.26 Å². The van der Waals surface area contributed by atoms with Crippen molar-refractivity contribution in [2.45, 2.75) is 19.3 Å². The Kier molecular flexibility index (Phi) is 4.37. The van der Waals surface area contributed by atoms with Crippen molar-refractivity contribution in [3.8, 4) is 6.07 Å². The molecule has 0 spiro atoms. The van der Waals surface area contributed by atoms with Crippen LogP contribution in [-0.2, 0) is 0 Å². The van der Waals surface area contributed by atoms with Gasteiger partial charge in [0.25, 0.3) is 0 Å². The summed E-state index contributed by atoms with van der Waals surface area (Å²) in [7, 11) is 0. The van der Waals surface area contributed by atoms with Crippen LogP contribution in [0.2, 0.25) is 0 Å². The average molecular weight is 245 g/mol. The molecule has 0 saturated carbocycles. The molecule has 96 valence electrons. The second-order valence-electron chi connectivity index (χ2n) is 4.61. The Hall–Kier alpha value is -1.80. The summed E-state index contributed by atoms with van der Waals surface area (Å²) in [4.78, 5) is 6.60. The predicted molar refractivity (Wildman–Crippen MR) is 72.1 cm³/mol. The summed E-state index contributed by atoms with van der Waals surface area (Å²) >= 11 is 0. The summed E-state index contributed by atoms with van der Waals surface area (Å²) in [5.41, 5.74) is 6.63. The molecule has 5 heteroatoms. The van der Waals surface area contributed by atoms with Gasteiger partial charge in [0.1, 0.15) is 11.9 Å². The second-order valence-corrected chi connectivity index (χ2v) is 4.61. The first-order valence-corrected chi connectivity index (χ1v) is 6.41. The minimum atomic E-state index is 0.508. The van der Waals surface area contributed by atoms with Gasteiger partial charge in [-0.1, -0.05) is 6.42 Å². The topological polar surface area (TPSA) is 78.0 Å². The highest BCUT2D eigenvalue weighted by molar-refractivity contribution is 5.57. The number of nitriles is 1. The number of rotatable bonds is 4. The molecule has 0 bridgehead atoms. The Morgan fingerprint density at radius 2 is 2.17 bits per heavy atom. The van der Waals surface area contributed by atoms with Gasteiger partial charge in [-0.2, -0.15) is 5.26 Å². The number of aromatic nitrogens is 1. The van der Waals surface area contributed by atoms with Gasteiger partial charge in [0, 0.05) is 13.1 Å². The zero-order valence-corrected chi connectivity index (χ0v) is 10.5. The molecule has 1 fully saturated rings. The van der Waals surface area contributed by atoms with E-state index in [2.05, 4.69) is 21.3 Å². The molecule has 2 rings (SSSR count). The molecule has 1 aliphatic rings. The lowest BCUT2D eigenvalue weighted by Crippen LogP contribution is -2.33. The minimum Gasteiger partial charge on any atom is -0.397 e. The normalized spacial score (nSPS) is 16.2. The number of hydrogen-bond donors (Lipinski definition) is 2. The van der Waals surface area contributed by atoms with Gasteiger partial charge in [-0.05, 0) is 32.0 Å². The number of piperidine rings is 1. The molecule has 2 heterocycles. The number of hydrogen-bond acceptors (Lipinski definition) is 5. The highest BCUT2D eigenvalue weighted by Crippen LogP contribution is 2.14. The summed E-state index contributed by atoms with van der Waals surface area (Å²) in [6.07, 6.45) is 5.51. The third kappa shape index (κ3) is 3.34. The number of pyridine rings is 1. The van der Waals surface area contributed by atoms with Gasteiger partial charge in [0.15, 0.2) is 0 Å². The maximum absolute atomic E-state index is 8.99. The summed E-state index contributed by atoms with van der Waals surface area (Å²) in [6, 6.07) is 3.76. The summed E-state index contributed by atoms with van der Waals surface area (Å²) in [5, 5.41) is 12.2. The molecule has 0 atom stereocenters. The van der Waals surface area contributed by atoms with E-state index in [0.717, 1.165) is 13.1 Å². The van der Waals surface area contributed by atoms with E-state index < -0.39 is 0 Å². The van der Waals surface area contributed by atoms with E-state index in [1.165, 1.54) is 32.4 Å². The van der Waals surface area contributed by atoms with Crippen molar-refractivity contribution in [3.63, 3.8) is 0 Å². The number of nitrogens with two attached hydrogens (primary N) is 1. The number of nitrogens with zero attached hydrogens (tertiary/aromatic N) is 3. The molecule has 1 saturated heterocycles. The van der Waals surface area contributed by atoms with Crippen molar-refractivity contribution in [3.05, 3.63) is 17.8 Å². The molecule has 1 aliphatic heterocycles. The van der Waals surface area contributed by atoms with Gasteiger partial charge in [0.05, 0.1) is 17.4 Å². The maximum atomic E-state index is 8.99. The summed E-state index contributed by atoms with van der Waals surface area (Å²) in [5.74, 6) is 0.628. The Morgan fingerprint density at radius 1 is 1.39 bits per heavy atom. The number of likely N-dealkylation sites (tertiary alicyclic amines) is 1. The van der Waals surface area contributed by atoms with E-state index in [9.17, 15) is 0 Å². The van der Waals surface area contributed by atoms with Crippen LogP contribution >= 0.6 is 0 Å². The Bertz CT molecular complexity index is 431. The van der Waals surface area contributed by atoms with Crippen molar-refractivity contribution >= 4 is 11.5 Å². The van der Waals surface area contributed by atoms with Gasteiger partial charge in [-0.3, -0.25) is 0 Å². The first-order valence-electron chi connectivity index (χ1n) is 6.41. The van der Waals surface area contributed by atoms with Gasteiger partial charge < -0.3 is 16.0 Å². The zero-order valence-electron chi connectivity index (χ0n) is 10.5. The van der Waals surface area contributed by atoms with Crippen molar-refractivity contribution in [2.24, 2.45) is 0 Å². The van der Waals surface area contributed by atoms with E-state index in [4.69, 9.17) is 11.0 Å². The molecule has 1 aromatic rings. The lowest BCUT2D eigenvalue weighted by Gasteiger charge is -2.26. The molecular weight excluding hydrogens is 226 g/mol. The van der Waals surface area contributed by atoms with E-state index >= 15 is 0 Å². The van der Waals surface area contributed by atoms with Gasteiger partial charge in [0.2, 0.25) is 0 Å². The molecule has 3 N–H and O–H groups in total. The van der Waals surface area contributed by atoms with Crippen LogP contribution in [0.5, 0.6) is 0 Å². The van der Waals surface area contributed by atoms with Crippen LogP contribution < -0.4 is 11.1 Å². The second kappa shape index (κ2) is 6.22. The summed E-state index contributed by atoms with van der Waals surface area (Å²) < 4.78 is 0. The third-order valence-electron chi connectivity index (χ3n) is 3.20. The Balaban J connectivity index is 1.84. The molecule has 1 aromatic heterocycles. The van der Waals surface area contributed by atoms with Crippen LogP contribution in [0.4, 0.5) is 11.5 Å². The zero-order chi connectivity index (χ0) is 12.8.